The molecule has 4 rings (SSSR count). The molecule has 1 amide bonds. The van der Waals surface area contributed by atoms with Gasteiger partial charge in [-0.3, -0.25) is 9.78 Å². The molecule has 0 saturated heterocycles. The van der Waals surface area contributed by atoms with Crippen molar-refractivity contribution in [2.75, 3.05) is 5.32 Å². The lowest BCUT2D eigenvalue weighted by Gasteiger charge is -2.28. The van der Waals surface area contributed by atoms with E-state index >= 15 is 0 Å². The number of nitriles is 1. The minimum atomic E-state index is -1.46. The van der Waals surface area contributed by atoms with Crippen LogP contribution in [0.25, 0.3) is 17.0 Å². The van der Waals surface area contributed by atoms with Crippen molar-refractivity contribution in [1.29, 1.82) is 5.26 Å². The number of carbonyl (C=O) groups excluding carboxylic acids is 1. The molecule has 0 spiro atoms. The SMILES string of the molecule is N#C[C@H]1OC(c2ccncc2NC(=O)c2ccc(F)c(-c3c(F)cccc3F)n2)=C[C@@H](O)[C@@H]1O. The summed E-state index contributed by atoms with van der Waals surface area (Å²) in [6, 6.07) is 8.03. The van der Waals surface area contributed by atoms with Gasteiger partial charge in [0.2, 0.25) is 6.10 Å². The van der Waals surface area contributed by atoms with Gasteiger partial charge in [-0.1, -0.05) is 6.07 Å². The van der Waals surface area contributed by atoms with E-state index in [4.69, 9.17) is 10.00 Å². The number of hydrogen-bond acceptors (Lipinski definition) is 7. The summed E-state index contributed by atoms with van der Waals surface area (Å²) in [7, 11) is 0. The maximum Gasteiger partial charge on any atom is 0.274 e. The first-order chi connectivity index (χ1) is 16.3. The van der Waals surface area contributed by atoms with Crippen LogP contribution in [0.2, 0.25) is 0 Å². The topological polar surface area (TPSA) is 128 Å². The molecule has 2 aromatic heterocycles. The number of ether oxygens (including phenoxy) is 1. The van der Waals surface area contributed by atoms with E-state index in [1.165, 1.54) is 24.5 Å². The Labute approximate surface area is 190 Å². The molecule has 1 aromatic carbocycles. The van der Waals surface area contributed by atoms with E-state index in [1.807, 2.05) is 0 Å². The number of halogens is 3. The van der Waals surface area contributed by atoms with Crippen molar-refractivity contribution in [2.24, 2.45) is 0 Å². The number of benzene rings is 1. The molecule has 3 aromatic rings. The Balaban J connectivity index is 1.67. The van der Waals surface area contributed by atoms with Crippen LogP contribution in [0.3, 0.4) is 0 Å². The fourth-order valence-corrected chi connectivity index (χ4v) is 3.30. The lowest BCUT2D eigenvalue weighted by Crippen LogP contribution is -2.40. The molecule has 1 aliphatic heterocycles. The predicted molar refractivity (Wildman–Crippen MR) is 112 cm³/mol. The number of nitrogens with zero attached hydrogens (tertiary/aromatic N) is 3. The molecule has 34 heavy (non-hydrogen) atoms. The molecular formula is C23H15F3N4O4. The third-order valence-corrected chi connectivity index (χ3v) is 4.98. The highest BCUT2D eigenvalue weighted by molar-refractivity contribution is 6.04. The second-order valence-electron chi connectivity index (χ2n) is 7.18. The average Bonchev–Trinajstić information content (AvgIpc) is 2.82. The standard InChI is InChI=1S/C23H15F3N4O4/c24-12-2-1-3-13(25)20(12)21-14(26)4-5-15(29-21)23(33)30-16-10-28-7-6-11(16)18-8-17(31)22(32)19(9-27)34-18/h1-8,10,17,19,22,31-32H,(H,30,33)/t17-,19-,22+/m1/s1. The Bertz CT molecular complexity index is 1320. The van der Waals surface area contributed by atoms with Crippen LogP contribution >= 0.6 is 0 Å². The van der Waals surface area contributed by atoms with Crippen molar-refractivity contribution in [3.8, 4) is 17.3 Å². The molecule has 0 bridgehead atoms. The second kappa shape index (κ2) is 9.30. The number of aromatic nitrogens is 2. The summed E-state index contributed by atoms with van der Waals surface area (Å²) < 4.78 is 48.0. The van der Waals surface area contributed by atoms with Gasteiger partial charge >= 0.3 is 0 Å². The molecular weight excluding hydrogens is 453 g/mol. The number of hydrogen-bond donors (Lipinski definition) is 3. The first kappa shape index (κ1) is 22.9. The van der Waals surface area contributed by atoms with Crippen LogP contribution in [0.5, 0.6) is 0 Å². The third-order valence-electron chi connectivity index (χ3n) is 4.98. The van der Waals surface area contributed by atoms with Crippen LogP contribution in [-0.2, 0) is 4.74 Å². The van der Waals surface area contributed by atoms with Crippen molar-refractivity contribution in [3.05, 3.63) is 83.6 Å². The van der Waals surface area contributed by atoms with Gasteiger partial charge in [0, 0.05) is 11.8 Å². The number of anilines is 1. The van der Waals surface area contributed by atoms with Crippen LogP contribution in [-0.4, -0.2) is 44.4 Å². The van der Waals surface area contributed by atoms with Crippen LogP contribution in [0, 0.1) is 28.8 Å². The zero-order valence-electron chi connectivity index (χ0n) is 17.1. The lowest BCUT2D eigenvalue weighted by molar-refractivity contribution is -0.0311. The number of nitrogens with one attached hydrogen (secondary N) is 1. The minimum Gasteiger partial charge on any atom is -0.472 e. The summed E-state index contributed by atoms with van der Waals surface area (Å²) in [5.41, 5.74) is -1.45. The average molecular weight is 468 g/mol. The van der Waals surface area contributed by atoms with Gasteiger partial charge in [0.05, 0.1) is 17.4 Å². The highest BCUT2D eigenvalue weighted by atomic mass is 19.1. The molecule has 3 atom stereocenters. The van der Waals surface area contributed by atoms with E-state index in [2.05, 4.69) is 15.3 Å². The Hall–Kier alpha value is -4.27. The molecule has 3 N–H and O–H groups in total. The van der Waals surface area contributed by atoms with Crippen molar-refractivity contribution in [1.82, 2.24) is 9.97 Å². The van der Waals surface area contributed by atoms with Crippen molar-refractivity contribution in [3.63, 3.8) is 0 Å². The molecule has 8 nitrogen and oxygen atoms in total. The fourth-order valence-electron chi connectivity index (χ4n) is 3.30. The summed E-state index contributed by atoms with van der Waals surface area (Å²) in [4.78, 5) is 20.5. The molecule has 172 valence electrons. The highest BCUT2D eigenvalue weighted by Gasteiger charge is 2.33. The normalized spacial score (nSPS) is 19.5. The number of aliphatic hydroxyl groups is 2. The fraction of sp³-hybridized carbons (Fsp3) is 0.130. The Morgan fingerprint density at radius 2 is 1.82 bits per heavy atom. The number of pyridine rings is 2. The van der Waals surface area contributed by atoms with Gasteiger partial charge in [-0.15, -0.1) is 0 Å². The molecule has 0 unspecified atom stereocenters. The summed E-state index contributed by atoms with van der Waals surface area (Å²) in [5, 5.41) is 31.5. The molecule has 0 saturated carbocycles. The second-order valence-corrected chi connectivity index (χ2v) is 7.18. The van der Waals surface area contributed by atoms with E-state index in [0.29, 0.717) is 0 Å². The van der Waals surface area contributed by atoms with E-state index in [-0.39, 0.29) is 22.7 Å². The first-order valence-corrected chi connectivity index (χ1v) is 9.81. The maximum absolute atomic E-state index is 14.3. The van der Waals surface area contributed by atoms with Crippen LogP contribution in [0.4, 0.5) is 18.9 Å². The van der Waals surface area contributed by atoms with Crippen molar-refractivity contribution in [2.45, 2.75) is 18.3 Å². The zero-order valence-corrected chi connectivity index (χ0v) is 17.1. The highest BCUT2D eigenvalue weighted by Crippen LogP contribution is 2.31. The quantitative estimate of drug-likeness (QED) is 0.537. The smallest absolute Gasteiger partial charge is 0.274 e. The molecule has 3 heterocycles. The van der Waals surface area contributed by atoms with Gasteiger partial charge < -0.3 is 20.3 Å². The van der Waals surface area contributed by atoms with Gasteiger partial charge in [-0.25, -0.2) is 18.2 Å². The largest absolute Gasteiger partial charge is 0.472 e. The number of aliphatic hydroxyl groups excluding tert-OH is 2. The molecule has 0 aliphatic carbocycles. The van der Waals surface area contributed by atoms with Gasteiger partial charge in [0.25, 0.3) is 5.91 Å². The first-order valence-electron chi connectivity index (χ1n) is 9.81. The third kappa shape index (κ3) is 4.32. The summed E-state index contributed by atoms with van der Waals surface area (Å²) in [6.45, 7) is 0. The molecule has 0 radical (unpaired) electrons. The summed E-state index contributed by atoms with van der Waals surface area (Å²) in [6.07, 6.45) is -0.445. The minimum absolute atomic E-state index is 0.00299. The Morgan fingerprint density at radius 3 is 2.53 bits per heavy atom. The maximum atomic E-state index is 14.3. The van der Waals surface area contributed by atoms with Gasteiger partial charge in [0.15, 0.2) is 0 Å². The van der Waals surface area contributed by atoms with Gasteiger partial charge in [0.1, 0.15) is 52.9 Å². The Morgan fingerprint density at radius 1 is 1.09 bits per heavy atom. The van der Waals surface area contributed by atoms with Crippen molar-refractivity contribution < 1.29 is 32.9 Å². The zero-order chi connectivity index (χ0) is 24.4. The predicted octanol–water partition coefficient (Wildman–Crippen LogP) is 2.80. The van der Waals surface area contributed by atoms with E-state index in [9.17, 15) is 28.2 Å². The van der Waals surface area contributed by atoms with E-state index in [1.54, 1.807) is 6.07 Å². The number of amides is 1. The van der Waals surface area contributed by atoms with Gasteiger partial charge in [-0.2, -0.15) is 5.26 Å². The van der Waals surface area contributed by atoms with Crippen LogP contribution < -0.4 is 5.32 Å². The van der Waals surface area contributed by atoms with Crippen LogP contribution in [0.1, 0.15) is 16.1 Å². The van der Waals surface area contributed by atoms with Gasteiger partial charge in [-0.05, 0) is 36.4 Å². The number of rotatable bonds is 4. The Kier molecular flexibility index (Phi) is 6.27. The number of carbonyl (C=O) groups is 1. The lowest BCUT2D eigenvalue weighted by atomic mass is 10.0. The summed E-state index contributed by atoms with van der Waals surface area (Å²) in [5.74, 6) is -3.98. The molecule has 1 aliphatic rings. The molecule has 0 fully saturated rings. The summed E-state index contributed by atoms with van der Waals surface area (Å²) >= 11 is 0. The van der Waals surface area contributed by atoms with E-state index in [0.717, 1.165) is 30.3 Å². The monoisotopic (exact) mass is 468 g/mol. The van der Waals surface area contributed by atoms with Crippen LogP contribution in [0.15, 0.2) is 54.9 Å². The van der Waals surface area contributed by atoms with Crippen molar-refractivity contribution >= 4 is 17.4 Å². The van der Waals surface area contributed by atoms with E-state index < -0.39 is 52.9 Å². The molecule has 11 heteroatoms.